The van der Waals surface area contributed by atoms with Gasteiger partial charge in [0.25, 0.3) is 0 Å². The molecule has 0 fully saturated rings. The first-order chi connectivity index (χ1) is 27.8. The number of rotatable bonds is 6. The number of para-hydroxylation sites is 1. The smallest absolute Gasteiger partial charge is 0.161 e. The molecule has 3 heterocycles. The van der Waals surface area contributed by atoms with Gasteiger partial charge in [0.2, 0.25) is 0 Å². The highest BCUT2D eigenvalue weighted by atomic mass is 32.1. The van der Waals surface area contributed by atoms with Crippen LogP contribution in [0.5, 0.6) is 0 Å². The molecule has 0 spiro atoms. The van der Waals surface area contributed by atoms with E-state index in [0.29, 0.717) is 0 Å². The van der Waals surface area contributed by atoms with E-state index in [2.05, 4.69) is 187 Å². The maximum Gasteiger partial charge on any atom is 0.161 e. The number of hydrogen-bond donors (Lipinski definition) is 0. The van der Waals surface area contributed by atoms with Crippen LogP contribution in [0.4, 0.5) is 0 Å². The van der Waals surface area contributed by atoms with Crippen molar-refractivity contribution < 1.29 is 0 Å². The lowest BCUT2D eigenvalue weighted by Gasteiger charge is -2.11. The van der Waals surface area contributed by atoms with Crippen LogP contribution in [0.15, 0.2) is 200 Å². The highest BCUT2D eigenvalue weighted by molar-refractivity contribution is 7.25. The molecule has 0 saturated heterocycles. The van der Waals surface area contributed by atoms with E-state index < -0.39 is 0 Å². The van der Waals surface area contributed by atoms with Gasteiger partial charge in [-0.2, -0.15) is 0 Å². The number of aromatic nitrogens is 3. The molecule has 11 aromatic rings. The van der Waals surface area contributed by atoms with Crippen molar-refractivity contribution in [1.29, 1.82) is 0 Å². The predicted molar refractivity (Wildman–Crippen MR) is 236 cm³/mol. The summed E-state index contributed by atoms with van der Waals surface area (Å²) < 4.78 is 3.61. The molecule has 0 radical (unpaired) electrons. The van der Waals surface area contributed by atoms with Gasteiger partial charge in [-0.05, 0) is 81.9 Å². The van der Waals surface area contributed by atoms with Crippen LogP contribution in [0.25, 0.3) is 104 Å². The zero-order valence-electron chi connectivity index (χ0n) is 30.3. The van der Waals surface area contributed by atoms with E-state index in [4.69, 9.17) is 9.97 Å². The Morgan fingerprint density at radius 3 is 1.77 bits per heavy atom. The third-order valence-corrected chi connectivity index (χ3v) is 11.9. The summed E-state index contributed by atoms with van der Waals surface area (Å²) in [4.78, 5) is 11.4. The third kappa shape index (κ3) is 5.42. The molecular formula is C52H33N3S. The molecule has 3 aromatic heterocycles. The lowest BCUT2D eigenvalue weighted by molar-refractivity contribution is 1.18. The molecule has 0 saturated carbocycles. The summed E-state index contributed by atoms with van der Waals surface area (Å²) in [6.07, 6.45) is 0. The van der Waals surface area contributed by atoms with Gasteiger partial charge < -0.3 is 4.57 Å². The monoisotopic (exact) mass is 731 g/mol. The zero-order valence-corrected chi connectivity index (χ0v) is 31.1. The number of nitrogens with zero attached hydrogens (tertiary/aromatic N) is 3. The summed E-state index contributed by atoms with van der Waals surface area (Å²) in [6, 6.07) is 71.6. The topological polar surface area (TPSA) is 30.7 Å². The van der Waals surface area contributed by atoms with E-state index in [0.717, 1.165) is 49.7 Å². The molecule has 3 nitrogen and oxygen atoms in total. The maximum absolute atomic E-state index is 5.28. The largest absolute Gasteiger partial charge is 0.309 e. The summed E-state index contributed by atoms with van der Waals surface area (Å²) in [5.41, 5.74) is 13.7. The van der Waals surface area contributed by atoms with Crippen LogP contribution in [0.3, 0.4) is 0 Å². The minimum Gasteiger partial charge on any atom is -0.309 e. The molecular weight excluding hydrogens is 699 g/mol. The lowest BCUT2D eigenvalue weighted by Crippen LogP contribution is -1.94. The molecule has 0 N–H and O–H groups in total. The maximum atomic E-state index is 5.28. The van der Waals surface area contributed by atoms with Crippen molar-refractivity contribution in [3.05, 3.63) is 200 Å². The van der Waals surface area contributed by atoms with Gasteiger partial charge in [-0.3, -0.25) is 0 Å². The molecule has 8 aromatic carbocycles. The van der Waals surface area contributed by atoms with Crippen LogP contribution in [0.1, 0.15) is 0 Å². The Balaban J connectivity index is 1.08. The fraction of sp³-hybridized carbons (Fsp3) is 0. The van der Waals surface area contributed by atoms with E-state index >= 15 is 0 Å². The minimum absolute atomic E-state index is 0.741. The normalized spacial score (nSPS) is 11.6. The average molecular weight is 732 g/mol. The summed E-state index contributed by atoms with van der Waals surface area (Å²) in [6.45, 7) is 0. The van der Waals surface area contributed by atoms with Gasteiger partial charge in [0, 0.05) is 43.1 Å². The average Bonchev–Trinajstić information content (AvgIpc) is 3.83. The van der Waals surface area contributed by atoms with Crippen molar-refractivity contribution in [2.24, 2.45) is 0 Å². The number of hydrogen-bond acceptors (Lipinski definition) is 3. The fourth-order valence-electron chi connectivity index (χ4n) is 8.24. The van der Waals surface area contributed by atoms with Crippen molar-refractivity contribution >= 4 is 53.4 Å². The molecule has 0 aliphatic heterocycles. The molecule has 0 bridgehead atoms. The Morgan fingerprint density at radius 1 is 0.375 bits per heavy atom. The minimum atomic E-state index is 0.741. The van der Waals surface area contributed by atoms with E-state index in [1.165, 1.54) is 54.1 Å². The molecule has 56 heavy (non-hydrogen) atoms. The van der Waals surface area contributed by atoms with E-state index in [1.54, 1.807) is 11.3 Å². The SMILES string of the molecule is c1ccc(-c2ccc3c(c2)c2c(-c4cccc(-c5cccc(-c6nc(-c7ccccc7)nc7sc8ccccc8c67)c5)c4)cccc2n3-c2ccccc2)cc1. The molecule has 0 atom stereocenters. The first kappa shape index (κ1) is 32.3. The van der Waals surface area contributed by atoms with Gasteiger partial charge in [0.05, 0.1) is 16.7 Å². The van der Waals surface area contributed by atoms with Gasteiger partial charge in [-0.1, -0.05) is 152 Å². The second kappa shape index (κ2) is 13.3. The van der Waals surface area contributed by atoms with Crippen LogP contribution in [0, 0.1) is 0 Å². The molecule has 0 unspecified atom stereocenters. The van der Waals surface area contributed by atoms with Crippen LogP contribution < -0.4 is 0 Å². The number of benzene rings is 8. The van der Waals surface area contributed by atoms with Crippen molar-refractivity contribution in [2.75, 3.05) is 0 Å². The Hall–Kier alpha value is -7.14. The molecule has 0 aliphatic rings. The van der Waals surface area contributed by atoms with Crippen LogP contribution >= 0.6 is 11.3 Å². The molecule has 0 amide bonds. The second-order valence-corrected chi connectivity index (χ2v) is 15.2. The summed E-state index contributed by atoms with van der Waals surface area (Å²) in [5.74, 6) is 0.741. The van der Waals surface area contributed by atoms with Gasteiger partial charge in [0.15, 0.2) is 5.82 Å². The first-order valence-electron chi connectivity index (χ1n) is 18.9. The lowest BCUT2D eigenvalue weighted by atomic mass is 9.94. The first-order valence-corrected chi connectivity index (χ1v) is 19.7. The fourth-order valence-corrected chi connectivity index (χ4v) is 9.31. The van der Waals surface area contributed by atoms with Crippen molar-refractivity contribution in [3.63, 3.8) is 0 Å². The van der Waals surface area contributed by atoms with Crippen molar-refractivity contribution in [1.82, 2.24) is 14.5 Å². The van der Waals surface area contributed by atoms with Gasteiger partial charge in [0.1, 0.15) is 4.83 Å². The van der Waals surface area contributed by atoms with Crippen molar-refractivity contribution in [2.45, 2.75) is 0 Å². The Bertz CT molecular complexity index is 3240. The Kier molecular flexibility index (Phi) is 7.68. The van der Waals surface area contributed by atoms with Crippen LogP contribution in [-0.4, -0.2) is 14.5 Å². The summed E-state index contributed by atoms with van der Waals surface area (Å²) in [7, 11) is 0. The highest BCUT2D eigenvalue weighted by Crippen LogP contribution is 2.43. The molecule has 262 valence electrons. The molecule has 4 heteroatoms. The Labute approximate surface area is 328 Å². The zero-order chi connectivity index (χ0) is 37.0. The number of fused-ring (bicyclic) bond motifs is 6. The van der Waals surface area contributed by atoms with E-state index in [1.807, 2.05) is 18.2 Å². The van der Waals surface area contributed by atoms with E-state index in [-0.39, 0.29) is 0 Å². The quantitative estimate of drug-likeness (QED) is 0.170. The second-order valence-electron chi connectivity index (χ2n) is 14.2. The van der Waals surface area contributed by atoms with Crippen LogP contribution in [-0.2, 0) is 0 Å². The summed E-state index contributed by atoms with van der Waals surface area (Å²) in [5, 5.41) is 4.77. The summed E-state index contributed by atoms with van der Waals surface area (Å²) >= 11 is 1.73. The van der Waals surface area contributed by atoms with Gasteiger partial charge in [-0.15, -0.1) is 11.3 Å². The Morgan fingerprint density at radius 2 is 0.982 bits per heavy atom. The van der Waals surface area contributed by atoms with Gasteiger partial charge in [-0.25, -0.2) is 9.97 Å². The molecule has 11 rings (SSSR count). The predicted octanol–water partition coefficient (Wildman–Crippen LogP) is 14.3. The van der Waals surface area contributed by atoms with Crippen LogP contribution in [0.2, 0.25) is 0 Å². The van der Waals surface area contributed by atoms with E-state index in [9.17, 15) is 0 Å². The third-order valence-electron chi connectivity index (χ3n) is 10.8. The van der Waals surface area contributed by atoms with Crippen molar-refractivity contribution in [3.8, 4) is 61.7 Å². The highest BCUT2D eigenvalue weighted by Gasteiger charge is 2.19. The number of thiophene rings is 1. The molecule has 0 aliphatic carbocycles. The standard InChI is InChI=1S/C52H33N3S/c1-4-15-34(16-5-1)38-29-30-45-44(33-38)48-42(26-14-27-46(48)55(45)41-23-8-3-9-24-41)39-21-12-19-36(31-39)37-20-13-22-40(32-37)50-49-43-25-10-11-28-47(43)56-52(49)54-51(53-50)35-17-6-2-7-18-35/h1-33H. The van der Waals surface area contributed by atoms with Gasteiger partial charge >= 0.3 is 0 Å².